The fourth-order valence-electron chi connectivity index (χ4n) is 5.55. The zero-order valence-electron chi connectivity index (χ0n) is 35.4. The lowest BCUT2D eigenvalue weighted by molar-refractivity contribution is 0.619. The van der Waals surface area contributed by atoms with E-state index in [1.165, 1.54) is 6.26 Å². The highest BCUT2D eigenvalue weighted by atomic mass is 16.3. The van der Waals surface area contributed by atoms with Crippen LogP contribution in [0.25, 0.3) is 87.5 Å². The summed E-state index contributed by atoms with van der Waals surface area (Å²) in [6, 6.07) is 0.425. The molecular weight excluding hydrogens is 488 g/mol. The molecule has 0 aliphatic heterocycles. The minimum absolute atomic E-state index is 0.0366. The Morgan fingerprint density at radius 1 is 0.525 bits per heavy atom. The number of hydrogen-bond donors (Lipinski definition) is 0. The average Bonchev–Trinajstić information content (AvgIpc) is 3.78. The fourth-order valence-corrected chi connectivity index (χ4v) is 5.55. The van der Waals surface area contributed by atoms with Gasteiger partial charge in [-0.3, -0.25) is 0 Å². The van der Waals surface area contributed by atoms with Gasteiger partial charge in [-0.2, -0.15) is 0 Å². The van der Waals surface area contributed by atoms with Crippen molar-refractivity contribution in [2.24, 2.45) is 0 Å². The van der Waals surface area contributed by atoms with E-state index in [-0.39, 0.29) is 38.2 Å². The van der Waals surface area contributed by atoms with Crippen LogP contribution in [-0.4, -0.2) is 0 Å². The van der Waals surface area contributed by atoms with Crippen LogP contribution < -0.4 is 0 Å². The molecule has 40 heavy (non-hydrogen) atoms. The lowest BCUT2D eigenvalue weighted by atomic mass is 9.85. The second-order valence-corrected chi connectivity index (χ2v) is 9.31. The number of fused-ring (bicyclic) bond motifs is 8. The van der Waals surface area contributed by atoms with Gasteiger partial charge < -0.3 is 8.83 Å². The van der Waals surface area contributed by atoms with Crippen LogP contribution in [0.2, 0.25) is 0 Å². The van der Waals surface area contributed by atoms with Gasteiger partial charge >= 0.3 is 0 Å². The Labute approximate surface area is 250 Å². The van der Waals surface area contributed by atoms with E-state index in [1.54, 1.807) is 18.2 Å². The van der Waals surface area contributed by atoms with Crippen LogP contribution in [0.3, 0.4) is 0 Å². The first-order valence-corrected chi connectivity index (χ1v) is 12.4. The van der Waals surface area contributed by atoms with Crippen molar-refractivity contribution >= 4 is 65.2 Å². The van der Waals surface area contributed by atoms with Crippen molar-refractivity contribution in [2.45, 2.75) is 0 Å². The zero-order valence-corrected chi connectivity index (χ0v) is 20.4. The minimum Gasteiger partial charge on any atom is -0.463 e. The Kier molecular flexibility index (Phi) is 2.39. The zero-order chi connectivity index (χ0) is 39.3. The molecule has 0 saturated carbocycles. The highest BCUT2D eigenvalue weighted by Crippen LogP contribution is 2.47. The van der Waals surface area contributed by atoms with Gasteiger partial charge in [-0.05, 0) is 67.7 Å². The molecule has 0 aliphatic rings. The third-order valence-electron chi connectivity index (χ3n) is 7.22. The summed E-state index contributed by atoms with van der Waals surface area (Å²) < 4.78 is 145. The maximum atomic E-state index is 9.38. The molecule has 0 fully saturated rings. The van der Waals surface area contributed by atoms with E-state index in [1.807, 2.05) is 18.2 Å². The monoisotopic (exact) mass is 525 g/mol. The van der Waals surface area contributed by atoms with Gasteiger partial charge in [0.2, 0.25) is 0 Å². The van der Waals surface area contributed by atoms with Crippen LogP contribution >= 0.6 is 0 Å². The topological polar surface area (TPSA) is 26.3 Å². The van der Waals surface area contributed by atoms with Gasteiger partial charge in [0, 0.05) is 21.9 Å². The fraction of sp³-hybridized carbons (Fsp3) is 0. The summed E-state index contributed by atoms with van der Waals surface area (Å²) in [6.07, 6.45) is 1.34. The Hall–Kier alpha value is -5.34. The van der Waals surface area contributed by atoms with Crippen LogP contribution in [-0.2, 0) is 0 Å². The van der Waals surface area contributed by atoms with Crippen LogP contribution in [0, 0.1) is 0 Å². The standard InChI is InChI=1S/C38H22O2/c1-2-10-24-21-25(18-17-23(24)9-1)35-26-11-3-5-13-28(26)36(29-14-6-4-12-27(29)35)32-22-39-38-30(32)19-20-34-37(38)31-15-7-8-16-33(31)40-34/h1-22H/i1D,2D,3D,4D,5D,6D,9D,10D,11D,12D,13D,14D,17D,18D,21D. The van der Waals surface area contributed by atoms with Crippen molar-refractivity contribution < 1.29 is 29.4 Å². The lowest BCUT2D eigenvalue weighted by Gasteiger charge is -2.17. The SMILES string of the molecule is [2H]c1c([2H])c([2H])c2c([2H])c(-c3c4c([2H])c([2H])c([2H])c([2H])c4c(-c4coc5c4ccc4oc6ccccc6c45)c4c([2H])c([2H])c([2H])c([2H])c34)c([2H])c([2H])c2c1[2H]. The predicted molar refractivity (Wildman–Crippen MR) is 167 cm³/mol. The molecule has 186 valence electrons. The molecule has 0 saturated heterocycles. The molecule has 2 nitrogen and oxygen atoms in total. The number of rotatable bonds is 2. The molecule has 0 radical (unpaired) electrons. The Morgan fingerprint density at radius 3 is 1.98 bits per heavy atom. The molecular formula is C38H22O2. The van der Waals surface area contributed by atoms with E-state index in [2.05, 4.69) is 0 Å². The molecule has 0 N–H and O–H groups in total. The number of para-hydroxylation sites is 1. The summed E-state index contributed by atoms with van der Waals surface area (Å²) in [7, 11) is 0. The summed E-state index contributed by atoms with van der Waals surface area (Å²) in [6.45, 7) is 0. The van der Waals surface area contributed by atoms with E-state index < -0.39 is 107 Å². The summed E-state index contributed by atoms with van der Waals surface area (Å²) in [4.78, 5) is 0. The summed E-state index contributed by atoms with van der Waals surface area (Å²) in [5.41, 5.74) is 0.696. The van der Waals surface area contributed by atoms with E-state index in [4.69, 9.17) is 21.2 Å². The van der Waals surface area contributed by atoms with E-state index in [9.17, 15) is 8.22 Å². The van der Waals surface area contributed by atoms with Gasteiger partial charge in [-0.1, -0.05) is 103 Å². The molecule has 0 amide bonds. The largest absolute Gasteiger partial charge is 0.463 e. The van der Waals surface area contributed by atoms with Gasteiger partial charge in [-0.25, -0.2) is 0 Å². The number of hydrogen-bond acceptors (Lipinski definition) is 2. The van der Waals surface area contributed by atoms with E-state index in [0.717, 1.165) is 5.39 Å². The lowest BCUT2D eigenvalue weighted by Crippen LogP contribution is -1.90. The third-order valence-corrected chi connectivity index (χ3v) is 7.22. The highest BCUT2D eigenvalue weighted by molar-refractivity contribution is 6.26. The molecule has 2 heterocycles. The van der Waals surface area contributed by atoms with Crippen molar-refractivity contribution in [3.05, 3.63) is 133 Å². The first kappa shape index (κ1) is 11.8. The molecule has 9 aromatic rings. The predicted octanol–water partition coefficient (Wildman–Crippen LogP) is 11.1. The summed E-state index contributed by atoms with van der Waals surface area (Å²) in [5, 5.41) is -0.204. The molecule has 0 atom stereocenters. The van der Waals surface area contributed by atoms with Crippen molar-refractivity contribution in [3.63, 3.8) is 0 Å². The molecule has 7 aromatic carbocycles. The van der Waals surface area contributed by atoms with Gasteiger partial charge in [-0.15, -0.1) is 0 Å². The molecule has 0 aliphatic carbocycles. The molecule has 2 aromatic heterocycles. The molecule has 9 rings (SSSR count). The van der Waals surface area contributed by atoms with Crippen LogP contribution in [0.5, 0.6) is 0 Å². The van der Waals surface area contributed by atoms with Gasteiger partial charge in [0.15, 0.2) is 0 Å². The Morgan fingerprint density at radius 2 is 1.20 bits per heavy atom. The van der Waals surface area contributed by atoms with Crippen molar-refractivity contribution in [2.75, 3.05) is 0 Å². The van der Waals surface area contributed by atoms with Crippen molar-refractivity contribution in [3.8, 4) is 22.3 Å². The maximum Gasteiger partial charge on any atom is 0.146 e. The highest BCUT2D eigenvalue weighted by Gasteiger charge is 2.21. The van der Waals surface area contributed by atoms with Crippen LogP contribution in [0.15, 0.2) is 142 Å². The van der Waals surface area contributed by atoms with Crippen LogP contribution in [0.4, 0.5) is 0 Å². The van der Waals surface area contributed by atoms with Gasteiger partial charge in [0.05, 0.1) is 32.2 Å². The average molecular weight is 526 g/mol. The van der Waals surface area contributed by atoms with Crippen molar-refractivity contribution in [1.29, 1.82) is 0 Å². The number of benzene rings is 7. The summed E-state index contributed by atoms with van der Waals surface area (Å²) in [5.74, 6) is 0. The smallest absolute Gasteiger partial charge is 0.146 e. The summed E-state index contributed by atoms with van der Waals surface area (Å²) >= 11 is 0. The van der Waals surface area contributed by atoms with E-state index >= 15 is 0 Å². The second kappa shape index (κ2) is 8.08. The Balaban J connectivity index is 1.59. The maximum absolute atomic E-state index is 9.38. The third kappa shape index (κ3) is 2.93. The number of furan rings is 2. The normalized spacial score (nSPS) is 17.2. The molecule has 0 bridgehead atoms. The second-order valence-electron chi connectivity index (χ2n) is 9.31. The molecule has 0 spiro atoms. The molecule has 2 heteroatoms. The van der Waals surface area contributed by atoms with Crippen molar-refractivity contribution in [1.82, 2.24) is 0 Å². The van der Waals surface area contributed by atoms with E-state index in [0.29, 0.717) is 27.5 Å². The first-order chi connectivity index (χ1) is 26.1. The molecule has 0 unspecified atom stereocenters. The van der Waals surface area contributed by atoms with Crippen LogP contribution in [0.1, 0.15) is 20.6 Å². The Bertz CT molecular complexity index is 3190. The van der Waals surface area contributed by atoms with Gasteiger partial charge in [0.25, 0.3) is 0 Å². The quantitative estimate of drug-likeness (QED) is 0.210. The first-order valence-electron chi connectivity index (χ1n) is 19.9. The minimum atomic E-state index is -0.749. The van der Waals surface area contributed by atoms with Gasteiger partial charge in [0.1, 0.15) is 16.7 Å².